The molecule has 4 fully saturated rings. The minimum atomic E-state index is -2.42. The summed E-state index contributed by atoms with van der Waals surface area (Å²) in [4.78, 5) is 60.2. The van der Waals surface area contributed by atoms with E-state index in [-0.39, 0.29) is 18.2 Å². The molecule has 3 aromatic carbocycles. The first-order valence-electron chi connectivity index (χ1n) is 16.3. The molecule has 4 aliphatic rings. The Morgan fingerprint density at radius 2 is 1.40 bits per heavy atom. The first kappa shape index (κ1) is 32.2. The average Bonchev–Trinajstić information content (AvgIpc) is 3.03. The van der Waals surface area contributed by atoms with E-state index >= 15 is 4.79 Å². The lowest BCUT2D eigenvalue weighted by molar-refractivity contribution is -0.180. The summed E-state index contributed by atoms with van der Waals surface area (Å²) in [5.41, 5.74) is 8.32. The molecular formula is C37H43N5O5. The fourth-order valence-electron chi connectivity index (χ4n) is 8.37. The smallest absolute Gasteiger partial charge is 0.330 e. The number of ether oxygens (including phenoxy) is 1. The quantitative estimate of drug-likeness (QED) is 0.311. The minimum absolute atomic E-state index is 0.262. The van der Waals surface area contributed by atoms with Crippen molar-refractivity contribution in [1.82, 2.24) is 10.2 Å². The van der Waals surface area contributed by atoms with Crippen LogP contribution in [0.15, 0.2) is 84.9 Å². The molecule has 0 aromatic heterocycles. The van der Waals surface area contributed by atoms with Crippen LogP contribution in [0.2, 0.25) is 0 Å². The molecule has 5 amide bonds. The third kappa shape index (κ3) is 6.47. The second-order valence-corrected chi connectivity index (χ2v) is 13.6. The zero-order valence-electron chi connectivity index (χ0n) is 27.2. The number of nitrogens with one attached hydrogen (secondary N) is 1. The number of nitrogens with two attached hydrogens (primary N) is 1. The van der Waals surface area contributed by atoms with Crippen LogP contribution in [0.25, 0.3) is 0 Å². The second kappa shape index (κ2) is 12.8. The Balaban J connectivity index is 1.49. The van der Waals surface area contributed by atoms with Crippen LogP contribution >= 0.6 is 0 Å². The van der Waals surface area contributed by atoms with Crippen molar-refractivity contribution in [1.29, 1.82) is 0 Å². The Kier molecular flexibility index (Phi) is 8.80. The van der Waals surface area contributed by atoms with Crippen LogP contribution in [0.4, 0.5) is 16.2 Å². The first-order valence-corrected chi connectivity index (χ1v) is 16.3. The van der Waals surface area contributed by atoms with Gasteiger partial charge < -0.3 is 9.64 Å². The van der Waals surface area contributed by atoms with Gasteiger partial charge in [-0.05, 0) is 105 Å². The fraction of sp³-hybridized carbons (Fsp3) is 0.405. The highest BCUT2D eigenvalue weighted by Gasteiger charge is 2.63. The zero-order valence-corrected chi connectivity index (χ0v) is 27.2. The third-order valence-electron chi connectivity index (χ3n) is 9.99. The number of rotatable bonds is 9. The molecule has 0 heterocycles. The van der Waals surface area contributed by atoms with Crippen LogP contribution in [0.5, 0.6) is 5.75 Å². The SMILES string of the molecule is CC(=O)NC(=O)C(N)(Oc1ccccc1)N(C(=O)N(CC(=O)N(C)c1ccccc1)c1cccc(C)c1)C12CC3CC(CC(C3)C1)C2. The predicted octanol–water partition coefficient (Wildman–Crippen LogP) is 5.21. The van der Waals surface area contributed by atoms with Gasteiger partial charge in [-0.2, -0.15) is 0 Å². The molecule has 0 spiro atoms. The number of para-hydroxylation sites is 2. The van der Waals surface area contributed by atoms with Gasteiger partial charge in [0.1, 0.15) is 12.3 Å². The largest absolute Gasteiger partial charge is 0.446 e. The van der Waals surface area contributed by atoms with Crippen LogP contribution in [-0.2, 0) is 14.4 Å². The number of imide groups is 1. The molecule has 246 valence electrons. The molecule has 0 radical (unpaired) electrons. The number of carbonyl (C=O) groups is 4. The Hall–Kier alpha value is -4.70. The molecule has 1 atom stereocenters. The van der Waals surface area contributed by atoms with E-state index in [4.69, 9.17) is 10.5 Å². The van der Waals surface area contributed by atoms with Gasteiger partial charge in [-0.1, -0.05) is 48.5 Å². The summed E-state index contributed by atoms with van der Waals surface area (Å²) < 4.78 is 6.37. The van der Waals surface area contributed by atoms with E-state index in [0.717, 1.165) is 24.8 Å². The standard InChI is InChI=1S/C37H43N5O5/c1-25-11-10-14-31(17-25)41(24-33(44)40(3)30-12-6-4-7-13-30)35(46)42(36-21-27-18-28(22-36)20-29(19-27)23-36)37(38,34(45)39-26(2)43)47-32-15-8-5-9-16-32/h4-17,27-29H,18-24,38H2,1-3H3,(H,39,43,45). The number of urea groups is 1. The van der Waals surface area contributed by atoms with Crippen molar-refractivity contribution in [2.24, 2.45) is 23.5 Å². The highest BCUT2D eigenvalue weighted by atomic mass is 16.5. The Labute approximate surface area is 275 Å². The Morgan fingerprint density at radius 3 is 1.96 bits per heavy atom. The van der Waals surface area contributed by atoms with Gasteiger partial charge in [-0.25, -0.2) is 4.79 Å². The minimum Gasteiger partial charge on any atom is -0.446 e. The number of aryl methyl sites for hydroxylation is 1. The molecule has 1 unspecified atom stereocenters. The fourth-order valence-corrected chi connectivity index (χ4v) is 8.37. The molecule has 10 nitrogen and oxygen atoms in total. The first-order chi connectivity index (χ1) is 22.5. The maximum atomic E-state index is 15.4. The molecule has 4 bridgehead atoms. The van der Waals surface area contributed by atoms with Crippen LogP contribution in [-0.4, -0.2) is 53.6 Å². The number of amides is 5. The maximum absolute atomic E-state index is 15.4. The van der Waals surface area contributed by atoms with Crippen molar-refractivity contribution in [2.45, 2.75) is 63.8 Å². The van der Waals surface area contributed by atoms with E-state index in [9.17, 15) is 14.4 Å². The van der Waals surface area contributed by atoms with E-state index in [0.29, 0.717) is 48.4 Å². The van der Waals surface area contributed by atoms with Gasteiger partial charge in [0.2, 0.25) is 11.8 Å². The molecule has 0 aliphatic heterocycles. The summed E-state index contributed by atoms with van der Waals surface area (Å²) in [5, 5.41) is 2.32. The van der Waals surface area contributed by atoms with Crippen LogP contribution in [0.3, 0.4) is 0 Å². The van der Waals surface area contributed by atoms with Gasteiger partial charge in [0.15, 0.2) is 0 Å². The van der Waals surface area contributed by atoms with Crippen molar-refractivity contribution < 1.29 is 23.9 Å². The summed E-state index contributed by atoms with van der Waals surface area (Å²) in [5.74, 6) is -2.98. The van der Waals surface area contributed by atoms with Gasteiger partial charge in [-0.3, -0.25) is 35.2 Å². The van der Waals surface area contributed by atoms with Crippen LogP contribution in [0, 0.1) is 24.7 Å². The molecule has 0 saturated heterocycles. The monoisotopic (exact) mass is 637 g/mol. The number of hydrogen-bond acceptors (Lipinski definition) is 6. The lowest BCUT2D eigenvalue weighted by Crippen LogP contribution is -2.79. The second-order valence-electron chi connectivity index (χ2n) is 13.6. The van der Waals surface area contributed by atoms with Crippen molar-refractivity contribution in [3.05, 3.63) is 90.5 Å². The summed E-state index contributed by atoms with van der Waals surface area (Å²) in [6.07, 6.45) is 5.15. The van der Waals surface area contributed by atoms with E-state index in [2.05, 4.69) is 5.32 Å². The zero-order chi connectivity index (χ0) is 33.3. The van der Waals surface area contributed by atoms with Crippen LogP contribution < -0.4 is 25.6 Å². The predicted molar refractivity (Wildman–Crippen MR) is 179 cm³/mol. The Morgan fingerprint density at radius 1 is 0.851 bits per heavy atom. The molecule has 4 aliphatic carbocycles. The van der Waals surface area contributed by atoms with Crippen molar-refractivity contribution >= 4 is 35.1 Å². The summed E-state index contributed by atoms with van der Waals surface area (Å²) in [7, 11) is 1.67. The Bertz CT molecular complexity index is 1610. The average molecular weight is 638 g/mol. The van der Waals surface area contributed by atoms with E-state index in [1.165, 1.54) is 21.6 Å². The number of nitrogens with zero attached hydrogens (tertiary/aromatic N) is 3. The van der Waals surface area contributed by atoms with Crippen molar-refractivity contribution in [2.75, 3.05) is 23.4 Å². The number of likely N-dealkylation sites (N-methyl/N-ethyl adjacent to an activating group) is 1. The van der Waals surface area contributed by atoms with Gasteiger partial charge in [-0.15, -0.1) is 0 Å². The van der Waals surface area contributed by atoms with Gasteiger partial charge >= 0.3 is 17.8 Å². The molecular weight excluding hydrogens is 594 g/mol. The van der Waals surface area contributed by atoms with E-state index < -0.39 is 29.2 Å². The number of anilines is 2. The molecule has 7 rings (SSSR count). The number of benzene rings is 3. The normalized spacial score (nSPS) is 23.7. The lowest BCUT2D eigenvalue weighted by Gasteiger charge is -2.62. The number of hydrogen-bond donors (Lipinski definition) is 2. The molecule has 3 aromatic rings. The summed E-state index contributed by atoms with van der Waals surface area (Å²) in [6.45, 7) is 2.80. The van der Waals surface area contributed by atoms with E-state index in [1.807, 2.05) is 55.5 Å². The van der Waals surface area contributed by atoms with Gasteiger partial charge in [0, 0.05) is 25.3 Å². The number of carbonyl (C=O) groups excluding carboxylic acids is 4. The van der Waals surface area contributed by atoms with Gasteiger partial charge in [0.25, 0.3) is 0 Å². The topological polar surface area (TPSA) is 125 Å². The molecule has 4 saturated carbocycles. The highest BCUT2D eigenvalue weighted by molar-refractivity contribution is 6.06. The van der Waals surface area contributed by atoms with Gasteiger partial charge in [0.05, 0.1) is 5.54 Å². The molecule has 10 heteroatoms. The van der Waals surface area contributed by atoms with Crippen LogP contribution in [0.1, 0.15) is 51.0 Å². The van der Waals surface area contributed by atoms with E-state index in [1.54, 1.807) is 43.4 Å². The highest BCUT2D eigenvalue weighted by Crippen LogP contribution is 2.59. The third-order valence-corrected chi connectivity index (χ3v) is 9.99. The molecule has 47 heavy (non-hydrogen) atoms. The summed E-state index contributed by atoms with van der Waals surface area (Å²) in [6, 6.07) is 24.5. The summed E-state index contributed by atoms with van der Waals surface area (Å²) >= 11 is 0. The molecule has 3 N–H and O–H groups in total. The van der Waals surface area contributed by atoms with Crippen molar-refractivity contribution in [3.63, 3.8) is 0 Å². The lowest BCUT2D eigenvalue weighted by atomic mass is 9.52. The maximum Gasteiger partial charge on any atom is 0.330 e. The van der Waals surface area contributed by atoms with Crippen molar-refractivity contribution in [3.8, 4) is 5.75 Å².